The topological polar surface area (TPSA) is 25.8 Å². The van der Waals surface area contributed by atoms with Gasteiger partial charge >= 0.3 is 0 Å². The summed E-state index contributed by atoms with van der Waals surface area (Å²) in [5, 5.41) is 2.08. The first kappa shape index (κ1) is 8.63. The fourth-order valence-electron chi connectivity index (χ4n) is 1.37. The van der Waals surface area contributed by atoms with E-state index >= 15 is 0 Å². The van der Waals surface area contributed by atoms with Gasteiger partial charge in [-0.2, -0.15) is 0 Å². The van der Waals surface area contributed by atoms with Gasteiger partial charge in [-0.25, -0.2) is 9.97 Å². The molecule has 2 rings (SSSR count). The van der Waals surface area contributed by atoms with Crippen molar-refractivity contribution in [1.82, 2.24) is 9.97 Å². The molecule has 0 atom stereocenters. The van der Waals surface area contributed by atoms with Crippen LogP contribution >= 0.6 is 11.3 Å². The van der Waals surface area contributed by atoms with E-state index in [1.54, 1.807) is 11.3 Å². The van der Waals surface area contributed by atoms with Gasteiger partial charge in [0, 0.05) is 6.42 Å². The first-order valence-corrected chi connectivity index (χ1v) is 5.46. The lowest BCUT2D eigenvalue weighted by Crippen LogP contribution is -1.97. The summed E-state index contributed by atoms with van der Waals surface area (Å²) in [6.07, 6.45) is 1.91. The summed E-state index contributed by atoms with van der Waals surface area (Å²) in [6, 6.07) is 2.07. The molecule has 0 fully saturated rings. The summed E-state index contributed by atoms with van der Waals surface area (Å²) >= 11 is 1.73. The zero-order chi connectivity index (χ0) is 9.26. The second kappa shape index (κ2) is 3.42. The van der Waals surface area contributed by atoms with Crippen LogP contribution in [-0.4, -0.2) is 9.97 Å². The Morgan fingerprint density at radius 3 is 2.77 bits per heavy atom. The zero-order valence-corrected chi connectivity index (χ0v) is 8.69. The predicted octanol–water partition coefficient (Wildman–Crippen LogP) is 2.82. The minimum absolute atomic E-state index is 0.915. The maximum absolute atomic E-state index is 4.51. The van der Waals surface area contributed by atoms with Gasteiger partial charge in [0.25, 0.3) is 0 Å². The van der Waals surface area contributed by atoms with Crippen molar-refractivity contribution in [2.75, 3.05) is 0 Å². The summed E-state index contributed by atoms with van der Waals surface area (Å²) in [6.45, 7) is 4.23. The summed E-state index contributed by atoms with van der Waals surface area (Å²) in [7, 11) is 0. The van der Waals surface area contributed by atoms with Gasteiger partial charge in [-0.3, -0.25) is 0 Å². The van der Waals surface area contributed by atoms with Crippen LogP contribution < -0.4 is 0 Å². The Kier molecular flexibility index (Phi) is 2.27. The van der Waals surface area contributed by atoms with E-state index in [0.717, 1.165) is 24.2 Å². The minimum Gasteiger partial charge on any atom is -0.236 e. The third kappa shape index (κ3) is 1.44. The van der Waals surface area contributed by atoms with Gasteiger partial charge in [-0.1, -0.05) is 13.8 Å². The molecule has 13 heavy (non-hydrogen) atoms. The molecule has 0 unspecified atom stereocenters. The van der Waals surface area contributed by atoms with Crippen molar-refractivity contribution in [2.24, 2.45) is 0 Å². The summed E-state index contributed by atoms with van der Waals surface area (Å²) in [5.74, 6) is 0.961. The van der Waals surface area contributed by atoms with E-state index in [1.165, 1.54) is 10.4 Å². The number of hydrogen-bond acceptors (Lipinski definition) is 3. The lowest BCUT2D eigenvalue weighted by Gasteiger charge is -2.01. The lowest BCUT2D eigenvalue weighted by molar-refractivity contribution is 0.915. The van der Waals surface area contributed by atoms with Gasteiger partial charge in [0.2, 0.25) is 0 Å². The van der Waals surface area contributed by atoms with Crippen LogP contribution in [0.1, 0.15) is 25.4 Å². The Labute approximate surface area is 81.7 Å². The fourth-order valence-corrected chi connectivity index (χ4v) is 2.27. The number of aryl methyl sites for hydroxylation is 2. The van der Waals surface area contributed by atoms with Crippen molar-refractivity contribution in [1.29, 1.82) is 0 Å². The van der Waals surface area contributed by atoms with Crippen LogP contribution in [0.3, 0.4) is 0 Å². The average molecular weight is 192 g/mol. The zero-order valence-electron chi connectivity index (χ0n) is 7.87. The third-order valence-corrected chi connectivity index (χ3v) is 3.02. The smallest absolute Gasteiger partial charge is 0.129 e. The highest BCUT2D eigenvalue weighted by Crippen LogP contribution is 2.22. The quantitative estimate of drug-likeness (QED) is 0.731. The van der Waals surface area contributed by atoms with E-state index < -0.39 is 0 Å². The van der Waals surface area contributed by atoms with E-state index in [4.69, 9.17) is 0 Å². The van der Waals surface area contributed by atoms with Crippen molar-refractivity contribution in [3.63, 3.8) is 0 Å². The molecule has 0 amide bonds. The van der Waals surface area contributed by atoms with Crippen LogP contribution in [0.2, 0.25) is 0 Å². The lowest BCUT2D eigenvalue weighted by atomic mass is 10.3. The highest BCUT2D eigenvalue weighted by Gasteiger charge is 2.05. The molecule has 0 spiro atoms. The number of thiophene rings is 1. The molecule has 68 valence electrons. The summed E-state index contributed by atoms with van der Waals surface area (Å²) in [4.78, 5) is 8.97. The van der Waals surface area contributed by atoms with E-state index in [9.17, 15) is 0 Å². The van der Waals surface area contributed by atoms with Crippen molar-refractivity contribution in [3.8, 4) is 0 Å². The largest absolute Gasteiger partial charge is 0.236 e. The Balaban J connectivity index is 2.70. The maximum Gasteiger partial charge on any atom is 0.129 e. The standard InChI is InChI=1S/C10H12N2S/c1-3-7-10-8(5-6-13-10)12-9(4-2)11-7/h5-6H,3-4H2,1-2H3. The Morgan fingerprint density at radius 2 is 2.08 bits per heavy atom. The maximum atomic E-state index is 4.51. The van der Waals surface area contributed by atoms with Gasteiger partial charge < -0.3 is 0 Å². The SMILES string of the molecule is CCc1nc(CC)c2sccc2n1. The van der Waals surface area contributed by atoms with Crippen molar-refractivity contribution in [2.45, 2.75) is 26.7 Å². The average Bonchev–Trinajstić information content (AvgIpc) is 2.63. The summed E-state index contributed by atoms with van der Waals surface area (Å²) < 4.78 is 1.25. The first-order valence-electron chi connectivity index (χ1n) is 4.58. The molecule has 0 N–H and O–H groups in total. The van der Waals surface area contributed by atoms with Gasteiger partial charge in [0.15, 0.2) is 0 Å². The number of fused-ring (bicyclic) bond motifs is 1. The van der Waals surface area contributed by atoms with Crippen LogP contribution in [0, 0.1) is 0 Å². The molecule has 2 heterocycles. The molecule has 0 aliphatic carbocycles. The molecule has 0 saturated heterocycles. The number of nitrogens with zero attached hydrogens (tertiary/aromatic N) is 2. The molecule has 0 aliphatic heterocycles. The summed E-state index contributed by atoms with van der Waals surface area (Å²) in [5.41, 5.74) is 2.30. The van der Waals surface area contributed by atoms with Crippen LogP contribution in [0.25, 0.3) is 10.2 Å². The molecular weight excluding hydrogens is 180 g/mol. The van der Waals surface area contributed by atoms with Crippen LogP contribution in [0.4, 0.5) is 0 Å². The van der Waals surface area contributed by atoms with Crippen molar-refractivity contribution >= 4 is 21.6 Å². The van der Waals surface area contributed by atoms with Gasteiger partial charge in [0.1, 0.15) is 5.82 Å². The Hall–Kier alpha value is -0.960. The Morgan fingerprint density at radius 1 is 1.23 bits per heavy atom. The van der Waals surface area contributed by atoms with E-state index in [0.29, 0.717) is 0 Å². The highest BCUT2D eigenvalue weighted by molar-refractivity contribution is 7.17. The van der Waals surface area contributed by atoms with Gasteiger partial charge in [-0.05, 0) is 17.9 Å². The first-order chi connectivity index (χ1) is 6.35. The van der Waals surface area contributed by atoms with Gasteiger partial charge in [0.05, 0.1) is 15.9 Å². The second-order valence-corrected chi connectivity index (χ2v) is 3.84. The molecule has 0 bridgehead atoms. The predicted molar refractivity (Wildman–Crippen MR) is 56.2 cm³/mol. The van der Waals surface area contributed by atoms with Crippen molar-refractivity contribution < 1.29 is 0 Å². The molecule has 2 aromatic rings. The third-order valence-electron chi connectivity index (χ3n) is 2.07. The molecule has 2 nitrogen and oxygen atoms in total. The van der Waals surface area contributed by atoms with Crippen LogP contribution in [0.5, 0.6) is 0 Å². The van der Waals surface area contributed by atoms with E-state index in [2.05, 4.69) is 35.3 Å². The van der Waals surface area contributed by atoms with Crippen LogP contribution in [-0.2, 0) is 12.8 Å². The molecular formula is C10H12N2S. The molecule has 3 heteroatoms. The van der Waals surface area contributed by atoms with Gasteiger partial charge in [-0.15, -0.1) is 11.3 Å². The van der Waals surface area contributed by atoms with Crippen molar-refractivity contribution in [3.05, 3.63) is 23.0 Å². The van der Waals surface area contributed by atoms with E-state index in [-0.39, 0.29) is 0 Å². The fraction of sp³-hybridized carbons (Fsp3) is 0.400. The highest BCUT2D eigenvalue weighted by atomic mass is 32.1. The molecule has 0 saturated carbocycles. The number of rotatable bonds is 2. The molecule has 0 aromatic carbocycles. The monoisotopic (exact) mass is 192 g/mol. The normalized spacial score (nSPS) is 10.9. The molecule has 0 aliphatic rings. The molecule has 0 radical (unpaired) electrons. The minimum atomic E-state index is 0.915. The number of aromatic nitrogens is 2. The second-order valence-electron chi connectivity index (χ2n) is 2.93. The number of hydrogen-bond donors (Lipinski definition) is 0. The van der Waals surface area contributed by atoms with E-state index in [1.807, 2.05) is 0 Å². The Bertz CT molecular complexity index is 420. The molecule has 2 aromatic heterocycles. The van der Waals surface area contributed by atoms with Crippen LogP contribution in [0.15, 0.2) is 11.4 Å².